The van der Waals surface area contributed by atoms with Crippen LogP contribution in [0.15, 0.2) is 231 Å². The molecule has 0 atom stereocenters. The predicted molar refractivity (Wildman–Crippen MR) is 340 cm³/mol. The zero-order valence-electron chi connectivity index (χ0n) is 47.3. The van der Waals surface area contributed by atoms with Gasteiger partial charge in [0.1, 0.15) is 0 Å². The fraction of sp³-hybridized carbons (Fsp3) is 0.0541. The average Bonchev–Trinajstić information content (AvgIpc) is 2.07. The van der Waals surface area contributed by atoms with Crippen LogP contribution in [0.25, 0.3) is 0 Å². The van der Waals surface area contributed by atoms with E-state index < -0.39 is 0 Å². The summed E-state index contributed by atoms with van der Waals surface area (Å²) in [6, 6.07) is 93.8. The van der Waals surface area contributed by atoms with Gasteiger partial charge >= 0.3 is 42.1 Å². The molecule has 4 heterocycles. The molecule has 12 heteroatoms. The molecule has 0 bridgehead atoms. The standard InChI is InChI=1S/C74H54N8O2.2Pt/c1-51-33-35-53(3)73(41-51)81-49-79(69-29-9-11-31-71(69)81)59-19-15-23-63(45-59)83-61-21-13-17-57(43-61)77-47-75(65-25-5-7-27-67(65)77)55-37-39-56(40-38-55)76-48-78(68-28-8-6-26-66(68)76)58-18-14-22-62(44-58)84-64-24-16-20-60(46-64)80-50-82(72-32-12-10-30-70(72)80)74-42-52(2)34-36-54(74)4;;/h5-42,47-50H,1-4H3;;/q-8;2*+4. The van der Waals surface area contributed by atoms with Crippen molar-refractivity contribution < 1.29 is 51.6 Å². The smallest absolute Gasteiger partial charge is 0.509 e. The molecule has 0 aromatic heterocycles. The molecule has 0 saturated heterocycles. The predicted octanol–water partition coefficient (Wildman–Crippen LogP) is 19.3. The Morgan fingerprint density at radius 1 is 0.256 bits per heavy atom. The van der Waals surface area contributed by atoms with Gasteiger partial charge in [0.25, 0.3) is 0 Å². The number of anilines is 16. The average molecular weight is 1480 g/mol. The molecule has 0 unspecified atom stereocenters. The summed E-state index contributed by atoms with van der Waals surface area (Å²) in [5.74, 6) is 2.34. The van der Waals surface area contributed by atoms with Crippen molar-refractivity contribution in [3.8, 4) is 23.0 Å². The maximum atomic E-state index is 6.57. The number of hydrogen-bond acceptors (Lipinski definition) is 10. The van der Waals surface area contributed by atoms with E-state index >= 15 is 0 Å². The normalized spacial score (nSPS) is 13.7. The zero-order valence-corrected chi connectivity index (χ0v) is 51.8. The van der Waals surface area contributed by atoms with E-state index in [2.05, 4.69) is 300 Å². The van der Waals surface area contributed by atoms with E-state index in [-0.39, 0.29) is 42.1 Å². The van der Waals surface area contributed by atoms with E-state index in [0.29, 0.717) is 23.0 Å². The Hall–Kier alpha value is -9.20. The van der Waals surface area contributed by atoms with E-state index in [1.807, 2.05) is 48.5 Å². The molecule has 11 aromatic rings. The number of aryl methyl sites for hydroxylation is 4. The Morgan fingerprint density at radius 2 is 0.512 bits per heavy atom. The molecule has 0 amide bonds. The third-order valence-corrected chi connectivity index (χ3v) is 15.7. The maximum absolute atomic E-state index is 6.57. The number of hydrogen-bond donors (Lipinski definition) is 0. The monoisotopic (exact) mass is 1480 g/mol. The molecule has 86 heavy (non-hydrogen) atoms. The van der Waals surface area contributed by atoms with Crippen LogP contribution in [0.2, 0.25) is 0 Å². The van der Waals surface area contributed by atoms with Gasteiger partial charge in [-0.05, 0) is 135 Å². The van der Waals surface area contributed by atoms with Crippen LogP contribution in [0.1, 0.15) is 22.3 Å². The Labute approximate surface area is 532 Å². The molecule has 4 aliphatic heterocycles. The fourth-order valence-corrected chi connectivity index (χ4v) is 11.5. The van der Waals surface area contributed by atoms with Crippen LogP contribution in [-0.4, -0.2) is 0 Å². The summed E-state index contributed by atoms with van der Waals surface area (Å²) >= 11 is 0. The van der Waals surface area contributed by atoms with Crippen LogP contribution < -0.4 is 48.7 Å². The molecule has 0 radical (unpaired) electrons. The summed E-state index contributed by atoms with van der Waals surface area (Å²) in [5, 5.41) is 0. The molecule has 0 fully saturated rings. The van der Waals surface area contributed by atoms with Gasteiger partial charge in [-0.1, -0.05) is 72.8 Å². The van der Waals surface area contributed by atoms with Gasteiger partial charge in [0.15, 0.2) is 0 Å². The van der Waals surface area contributed by atoms with Crippen LogP contribution in [0.4, 0.5) is 91.0 Å². The second-order valence-corrected chi connectivity index (χ2v) is 21.3. The first kappa shape index (κ1) is 56.0. The Bertz CT molecular complexity index is 4050. The number of fused-ring (bicyclic) bond motifs is 4. The number of ether oxygens (including phenoxy) is 2. The summed E-state index contributed by atoms with van der Waals surface area (Å²) < 4.78 is 13.1. The SMILES string of the molecule is Cc1ccc(C)c(N2[CH-]N(c3[c-]c(Oc4[c-]c(N5[CH-]N(c6ccc(N7[CH-]N(c8[c-]c(Oc9[c-]c(N%10[CH-]N(c%11cc(C)ccc%11C)c%11ccccc%11%10)ccc9)ccc8)c8ccccc87)cc6)c6ccccc65)ccc4)ccc3)c3ccccc32)c1.[Pt+4].[Pt+4]. The Kier molecular flexibility index (Phi) is 15.2. The van der Waals surface area contributed by atoms with Gasteiger partial charge < -0.3 is 48.7 Å². The van der Waals surface area contributed by atoms with Gasteiger partial charge in [-0.15, -0.1) is 122 Å². The molecular weight excluding hydrogens is 1420 g/mol. The first-order chi connectivity index (χ1) is 41.2. The zero-order chi connectivity index (χ0) is 56.4. The summed E-state index contributed by atoms with van der Waals surface area (Å²) in [4.78, 5) is 17.6. The second-order valence-electron chi connectivity index (χ2n) is 21.3. The van der Waals surface area contributed by atoms with Crippen molar-refractivity contribution in [1.82, 2.24) is 0 Å². The molecular formula is C74H54N8O2Pt2. The summed E-state index contributed by atoms with van der Waals surface area (Å²) in [6.45, 7) is 17.1. The summed E-state index contributed by atoms with van der Waals surface area (Å²) in [7, 11) is 0. The van der Waals surface area contributed by atoms with E-state index in [9.17, 15) is 0 Å². The van der Waals surface area contributed by atoms with Crippen LogP contribution in [0.3, 0.4) is 0 Å². The van der Waals surface area contributed by atoms with Gasteiger partial charge in [0.05, 0.1) is 0 Å². The van der Waals surface area contributed by atoms with Crippen molar-refractivity contribution >= 4 is 91.0 Å². The van der Waals surface area contributed by atoms with Crippen LogP contribution in [0, 0.1) is 78.6 Å². The van der Waals surface area contributed by atoms with Gasteiger partial charge in [0, 0.05) is 91.2 Å². The van der Waals surface area contributed by atoms with Gasteiger partial charge in [-0.3, -0.25) is 0 Å². The molecule has 0 N–H and O–H groups in total. The first-order valence-corrected chi connectivity index (χ1v) is 28.0. The van der Waals surface area contributed by atoms with Crippen molar-refractivity contribution in [2.24, 2.45) is 0 Å². The number of benzene rings is 11. The minimum atomic E-state index is 0. The minimum absolute atomic E-state index is 0. The molecule has 10 nitrogen and oxygen atoms in total. The molecule has 4 aliphatic rings. The number of para-hydroxylation sites is 8. The number of rotatable bonds is 12. The molecule has 0 aliphatic carbocycles. The van der Waals surface area contributed by atoms with E-state index in [0.717, 1.165) is 91.0 Å². The minimum Gasteiger partial charge on any atom is -0.509 e. The quantitative estimate of drug-likeness (QED) is 0.111. The van der Waals surface area contributed by atoms with Crippen molar-refractivity contribution in [3.63, 3.8) is 0 Å². The van der Waals surface area contributed by atoms with Crippen molar-refractivity contribution in [3.05, 3.63) is 304 Å². The summed E-state index contributed by atoms with van der Waals surface area (Å²) in [6.07, 6.45) is 0. The van der Waals surface area contributed by atoms with E-state index in [1.165, 1.54) is 22.3 Å². The fourth-order valence-electron chi connectivity index (χ4n) is 11.5. The molecule has 15 rings (SSSR count). The number of nitrogens with zero attached hydrogens (tertiary/aromatic N) is 8. The van der Waals surface area contributed by atoms with Crippen LogP contribution in [-0.2, 0) is 42.1 Å². The molecule has 422 valence electrons. The third kappa shape index (κ3) is 10.3. The first-order valence-electron chi connectivity index (χ1n) is 28.0. The molecule has 11 aromatic carbocycles. The van der Waals surface area contributed by atoms with Crippen LogP contribution in [0.5, 0.6) is 23.0 Å². The topological polar surface area (TPSA) is 44.4 Å². The van der Waals surface area contributed by atoms with Crippen molar-refractivity contribution in [2.45, 2.75) is 27.7 Å². The largest absolute Gasteiger partial charge is 4.00 e. The van der Waals surface area contributed by atoms with Gasteiger partial charge in [0.2, 0.25) is 0 Å². The third-order valence-electron chi connectivity index (χ3n) is 15.7. The van der Waals surface area contributed by atoms with Gasteiger partial charge in [-0.2, -0.15) is 24.3 Å². The van der Waals surface area contributed by atoms with E-state index in [1.54, 1.807) is 0 Å². The van der Waals surface area contributed by atoms with E-state index in [4.69, 9.17) is 9.47 Å². The summed E-state index contributed by atoms with van der Waals surface area (Å²) in [5.41, 5.74) is 21.1. The maximum Gasteiger partial charge on any atom is 4.00 e. The van der Waals surface area contributed by atoms with Crippen molar-refractivity contribution in [1.29, 1.82) is 0 Å². The molecule has 0 spiro atoms. The van der Waals surface area contributed by atoms with Crippen molar-refractivity contribution in [2.75, 3.05) is 39.2 Å². The molecule has 0 saturated carbocycles. The van der Waals surface area contributed by atoms with Gasteiger partial charge in [-0.25, -0.2) is 0 Å². The van der Waals surface area contributed by atoms with Crippen LogP contribution >= 0.6 is 0 Å². The second kappa shape index (κ2) is 23.3. The Balaban J connectivity index is 0.00000343. The Morgan fingerprint density at radius 3 is 0.802 bits per heavy atom.